The maximum absolute atomic E-state index is 11.3. The molecule has 4 heteroatoms. The Morgan fingerprint density at radius 1 is 1.57 bits per heavy atom. The van der Waals surface area contributed by atoms with Gasteiger partial charge in [0, 0.05) is 12.5 Å². The third kappa shape index (κ3) is 2.81. The molecule has 0 unspecified atom stereocenters. The number of hydrogen-bond donors (Lipinski definition) is 2. The number of carbonyl (C=O) groups is 1. The molecule has 0 bridgehead atoms. The number of rotatable bonds is 3. The van der Waals surface area contributed by atoms with Crippen LogP contribution in [-0.4, -0.2) is 10.9 Å². The fraction of sp³-hybridized carbons (Fsp3) is 0.400. The average molecular weight is 193 g/mol. The van der Waals surface area contributed by atoms with E-state index in [2.05, 4.69) is 10.3 Å². The molecule has 14 heavy (non-hydrogen) atoms. The topological polar surface area (TPSA) is 68.0 Å². The lowest BCUT2D eigenvalue weighted by atomic mass is 10.2. The van der Waals surface area contributed by atoms with Gasteiger partial charge in [0.05, 0.1) is 5.69 Å². The van der Waals surface area contributed by atoms with Gasteiger partial charge in [-0.1, -0.05) is 19.9 Å². The first-order valence-electron chi connectivity index (χ1n) is 4.60. The van der Waals surface area contributed by atoms with E-state index in [9.17, 15) is 4.79 Å². The van der Waals surface area contributed by atoms with Crippen LogP contribution >= 0.6 is 0 Å². The van der Waals surface area contributed by atoms with Crippen LogP contribution in [0.15, 0.2) is 18.2 Å². The van der Waals surface area contributed by atoms with Gasteiger partial charge in [0.1, 0.15) is 5.82 Å². The molecule has 1 aromatic heterocycles. The van der Waals surface area contributed by atoms with E-state index in [-0.39, 0.29) is 11.8 Å². The van der Waals surface area contributed by atoms with Crippen molar-refractivity contribution in [2.24, 2.45) is 11.7 Å². The maximum Gasteiger partial charge on any atom is 0.228 e. The van der Waals surface area contributed by atoms with Crippen LogP contribution in [0.1, 0.15) is 19.5 Å². The number of nitrogens with two attached hydrogens (primary N) is 1. The van der Waals surface area contributed by atoms with E-state index in [0.717, 1.165) is 5.69 Å². The number of pyridine rings is 1. The van der Waals surface area contributed by atoms with Crippen molar-refractivity contribution in [3.05, 3.63) is 23.9 Å². The number of aromatic nitrogens is 1. The third-order valence-electron chi connectivity index (χ3n) is 1.79. The molecule has 0 spiro atoms. The first-order valence-corrected chi connectivity index (χ1v) is 4.60. The number of nitrogens with zero attached hydrogens (tertiary/aromatic N) is 1. The highest BCUT2D eigenvalue weighted by molar-refractivity contribution is 5.91. The quantitative estimate of drug-likeness (QED) is 0.756. The Morgan fingerprint density at radius 3 is 2.86 bits per heavy atom. The first kappa shape index (κ1) is 10.7. The van der Waals surface area contributed by atoms with E-state index in [1.807, 2.05) is 26.0 Å². The Morgan fingerprint density at radius 2 is 2.29 bits per heavy atom. The van der Waals surface area contributed by atoms with Crippen molar-refractivity contribution < 1.29 is 4.79 Å². The minimum Gasteiger partial charge on any atom is -0.325 e. The zero-order valence-electron chi connectivity index (χ0n) is 8.45. The fourth-order valence-electron chi connectivity index (χ4n) is 0.933. The van der Waals surface area contributed by atoms with Gasteiger partial charge in [-0.3, -0.25) is 4.79 Å². The summed E-state index contributed by atoms with van der Waals surface area (Å²) >= 11 is 0. The van der Waals surface area contributed by atoms with E-state index in [4.69, 9.17) is 5.73 Å². The Balaban J connectivity index is 2.72. The van der Waals surface area contributed by atoms with Crippen molar-refractivity contribution in [2.45, 2.75) is 20.4 Å². The Kier molecular flexibility index (Phi) is 3.59. The van der Waals surface area contributed by atoms with Gasteiger partial charge in [-0.05, 0) is 12.1 Å². The molecule has 1 aromatic rings. The lowest BCUT2D eigenvalue weighted by Crippen LogP contribution is -2.18. The summed E-state index contributed by atoms with van der Waals surface area (Å²) in [7, 11) is 0. The molecule has 0 fully saturated rings. The zero-order valence-corrected chi connectivity index (χ0v) is 8.45. The third-order valence-corrected chi connectivity index (χ3v) is 1.79. The van der Waals surface area contributed by atoms with Crippen LogP contribution in [0.3, 0.4) is 0 Å². The van der Waals surface area contributed by atoms with Crippen LogP contribution in [0, 0.1) is 5.92 Å². The van der Waals surface area contributed by atoms with Crippen LogP contribution < -0.4 is 11.1 Å². The predicted octanol–water partition coefficient (Wildman–Crippen LogP) is 1.13. The van der Waals surface area contributed by atoms with Crippen molar-refractivity contribution in [3.63, 3.8) is 0 Å². The summed E-state index contributed by atoms with van der Waals surface area (Å²) in [6, 6.07) is 5.40. The fourth-order valence-corrected chi connectivity index (χ4v) is 0.933. The highest BCUT2D eigenvalue weighted by atomic mass is 16.1. The van der Waals surface area contributed by atoms with Gasteiger partial charge in [0.25, 0.3) is 0 Å². The van der Waals surface area contributed by atoms with Crippen LogP contribution in [0.2, 0.25) is 0 Å². The number of carbonyl (C=O) groups excluding carboxylic acids is 1. The summed E-state index contributed by atoms with van der Waals surface area (Å²) in [6.45, 7) is 4.05. The Hall–Kier alpha value is -1.42. The Labute approximate surface area is 83.5 Å². The van der Waals surface area contributed by atoms with Crippen molar-refractivity contribution >= 4 is 11.7 Å². The molecule has 0 aliphatic rings. The Bertz CT molecular complexity index is 323. The number of amides is 1. The molecule has 76 valence electrons. The van der Waals surface area contributed by atoms with Crippen molar-refractivity contribution in [3.8, 4) is 0 Å². The van der Waals surface area contributed by atoms with E-state index < -0.39 is 0 Å². The lowest BCUT2D eigenvalue weighted by molar-refractivity contribution is -0.118. The van der Waals surface area contributed by atoms with E-state index in [0.29, 0.717) is 12.4 Å². The van der Waals surface area contributed by atoms with Crippen LogP contribution in [0.4, 0.5) is 5.82 Å². The van der Waals surface area contributed by atoms with Gasteiger partial charge >= 0.3 is 0 Å². The molecule has 0 saturated carbocycles. The molecule has 0 aromatic carbocycles. The summed E-state index contributed by atoms with van der Waals surface area (Å²) in [5.41, 5.74) is 6.20. The molecule has 0 saturated heterocycles. The number of hydrogen-bond acceptors (Lipinski definition) is 3. The molecule has 0 aliphatic carbocycles. The summed E-state index contributed by atoms with van der Waals surface area (Å²) in [4.78, 5) is 15.5. The molecule has 0 atom stereocenters. The molecule has 3 N–H and O–H groups in total. The molecular weight excluding hydrogens is 178 g/mol. The summed E-state index contributed by atoms with van der Waals surface area (Å²) < 4.78 is 0. The average Bonchev–Trinajstić information content (AvgIpc) is 2.18. The first-order chi connectivity index (χ1) is 6.63. The van der Waals surface area contributed by atoms with E-state index in [1.54, 1.807) is 6.07 Å². The predicted molar refractivity (Wildman–Crippen MR) is 55.6 cm³/mol. The van der Waals surface area contributed by atoms with Gasteiger partial charge in [0.15, 0.2) is 0 Å². The second-order valence-electron chi connectivity index (χ2n) is 3.36. The monoisotopic (exact) mass is 193 g/mol. The molecule has 4 nitrogen and oxygen atoms in total. The highest BCUT2D eigenvalue weighted by Crippen LogP contribution is 2.06. The normalized spacial score (nSPS) is 10.3. The van der Waals surface area contributed by atoms with Gasteiger partial charge in [-0.25, -0.2) is 4.98 Å². The van der Waals surface area contributed by atoms with Crippen molar-refractivity contribution in [1.29, 1.82) is 0 Å². The minimum atomic E-state index is -0.0432. The summed E-state index contributed by atoms with van der Waals surface area (Å²) in [5.74, 6) is 0.483. The summed E-state index contributed by atoms with van der Waals surface area (Å²) in [5, 5.41) is 2.71. The number of nitrogens with one attached hydrogen (secondary N) is 1. The minimum absolute atomic E-state index is 0.0355. The van der Waals surface area contributed by atoms with E-state index in [1.165, 1.54) is 0 Å². The molecule has 1 rings (SSSR count). The second-order valence-corrected chi connectivity index (χ2v) is 3.36. The van der Waals surface area contributed by atoms with Crippen LogP contribution in [0.5, 0.6) is 0 Å². The molecule has 0 aliphatic heterocycles. The SMILES string of the molecule is CC(C)C(=O)Nc1cccc(CN)n1. The molecule has 1 heterocycles. The summed E-state index contributed by atoms with van der Waals surface area (Å²) in [6.07, 6.45) is 0. The van der Waals surface area contributed by atoms with Gasteiger partial charge < -0.3 is 11.1 Å². The maximum atomic E-state index is 11.3. The standard InChI is InChI=1S/C10H15N3O/c1-7(2)10(14)13-9-5-3-4-8(6-11)12-9/h3-5,7H,6,11H2,1-2H3,(H,12,13,14). The lowest BCUT2D eigenvalue weighted by Gasteiger charge is -2.07. The largest absolute Gasteiger partial charge is 0.325 e. The van der Waals surface area contributed by atoms with Gasteiger partial charge in [-0.15, -0.1) is 0 Å². The van der Waals surface area contributed by atoms with Gasteiger partial charge in [0.2, 0.25) is 5.91 Å². The zero-order chi connectivity index (χ0) is 10.6. The van der Waals surface area contributed by atoms with Crippen molar-refractivity contribution in [2.75, 3.05) is 5.32 Å². The molecule has 1 amide bonds. The van der Waals surface area contributed by atoms with Crippen LogP contribution in [0.25, 0.3) is 0 Å². The number of anilines is 1. The van der Waals surface area contributed by atoms with E-state index >= 15 is 0 Å². The van der Waals surface area contributed by atoms with Gasteiger partial charge in [-0.2, -0.15) is 0 Å². The van der Waals surface area contributed by atoms with Crippen molar-refractivity contribution in [1.82, 2.24) is 4.98 Å². The highest BCUT2D eigenvalue weighted by Gasteiger charge is 2.07. The molecule has 0 radical (unpaired) electrons. The van der Waals surface area contributed by atoms with Crippen LogP contribution in [-0.2, 0) is 11.3 Å². The second kappa shape index (κ2) is 4.72. The smallest absolute Gasteiger partial charge is 0.228 e. The molecular formula is C10H15N3O.